The van der Waals surface area contributed by atoms with Crippen LogP contribution in [0.25, 0.3) is 0 Å². The molecule has 0 N–H and O–H groups in total. The molecule has 2 heterocycles. The predicted octanol–water partition coefficient (Wildman–Crippen LogP) is 5.06. The van der Waals surface area contributed by atoms with Crippen molar-refractivity contribution in [2.75, 3.05) is 37.7 Å². The van der Waals surface area contributed by atoms with Gasteiger partial charge in [-0.1, -0.05) is 36.4 Å². The highest BCUT2D eigenvalue weighted by Gasteiger charge is 2.21. The van der Waals surface area contributed by atoms with Gasteiger partial charge in [0, 0.05) is 70.7 Å². The minimum absolute atomic E-state index is 0.0125. The molecule has 39 heavy (non-hydrogen) atoms. The Hall–Kier alpha value is -3.78. The highest BCUT2D eigenvalue weighted by atomic mass is 19.1. The third-order valence-electron chi connectivity index (χ3n) is 6.89. The Morgan fingerprint density at radius 2 is 1.72 bits per heavy atom. The van der Waals surface area contributed by atoms with Crippen molar-refractivity contribution in [3.63, 3.8) is 0 Å². The number of aromatic nitrogens is 1. The number of carbonyl (C=O) groups excluding carboxylic acids is 2. The number of rotatable bonds is 7. The molecule has 0 spiro atoms. The smallest absolute Gasteiger partial charge is 0.223 e. The molecule has 1 aromatic heterocycles. The largest absolute Gasteiger partial charge is 0.491 e. The first-order chi connectivity index (χ1) is 19.0. The molecule has 1 aliphatic rings. The molecule has 7 nitrogen and oxygen atoms in total. The summed E-state index contributed by atoms with van der Waals surface area (Å²) >= 11 is 0. The number of hydrogen-bond acceptors (Lipinski definition) is 5. The maximum absolute atomic E-state index is 13.8. The third-order valence-corrected chi connectivity index (χ3v) is 6.89. The van der Waals surface area contributed by atoms with Gasteiger partial charge in [-0.3, -0.25) is 19.5 Å². The fourth-order valence-corrected chi connectivity index (χ4v) is 4.94. The number of halogens is 1. The number of fused-ring (bicyclic) bond motifs is 1. The van der Waals surface area contributed by atoms with Gasteiger partial charge in [-0.2, -0.15) is 0 Å². The van der Waals surface area contributed by atoms with E-state index in [4.69, 9.17) is 4.74 Å². The van der Waals surface area contributed by atoms with E-state index >= 15 is 0 Å². The molecule has 0 saturated carbocycles. The molecule has 0 bridgehead atoms. The quantitative estimate of drug-likeness (QED) is 0.398. The predicted molar refractivity (Wildman–Crippen MR) is 150 cm³/mol. The molecule has 3 aromatic rings. The Morgan fingerprint density at radius 3 is 2.49 bits per heavy atom. The molecule has 1 aliphatic heterocycles. The number of para-hydroxylation sites is 2. The third kappa shape index (κ3) is 8.35. The lowest BCUT2D eigenvalue weighted by Gasteiger charge is -2.31. The van der Waals surface area contributed by atoms with E-state index in [1.165, 1.54) is 6.07 Å². The molecule has 0 fully saturated rings. The van der Waals surface area contributed by atoms with Crippen molar-refractivity contribution in [1.29, 1.82) is 0 Å². The van der Waals surface area contributed by atoms with E-state index in [0.717, 1.165) is 49.3 Å². The van der Waals surface area contributed by atoms with Crippen LogP contribution in [0.1, 0.15) is 43.7 Å². The van der Waals surface area contributed by atoms with E-state index in [-0.39, 0.29) is 24.2 Å². The zero-order valence-corrected chi connectivity index (χ0v) is 22.6. The van der Waals surface area contributed by atoms with Crippen molar-refractivity contribution in [1.82, 2.24) is 14.8 Å². The molecular formula is C31H37FN4O3. The lowest BCUT2D eigenvalue weighted by molar-refractivity contribution is -0.132. The minimum Gasteiger partial charge on any atom is -0.491 e. The molecule has 0 radical (unpaired) electrons. The second-order valence-electron chi connectivity index (χ2n) is 9.84. The summed E-state index contributed by atoms with van der Waals surface area (Å²) in [7, 11) is 0. The lowest BCUT2D eigenvalue weighted by Crippen LogP contribution is -2.38. The van der Waals surface area contributed by atoms with Gasteiger partial charge in [-0.05, 0) is 54.7 Å². The van der Waals surface area contributed by atoms with Crippen LogP contribution in [0.15, 0.2) is 73.1 Å². The summed E-state index contributed by atoms with van der Waals surface area (Å²) < 4.78 is 19.4. The van der Waals surface area contributed by atoms with Crippen LogP contribution in [0, 0.1) is 5.82 Å². The number of ether oxygens (including phenoxy) is 1. The van der Waals surface area contributed by atoms with Crippen LogP contribution in [-0.2, 0) is 22.7 Å². The summed E-state index contributed by atoms with van der Waals surface area (Å²) in [4.78, 5) is 36.4. The lowest BCUT2D eigenvalue weighted by atomic mass is 10.1. The maximum Gasteiger partial charge on any atom is 0.223 e. The maximum atomic E-state index is 13.8. The van der Waals surface area contributed by atoms with Gasteiger partial charge in [0.05, 0.1) is 6.61 Å². The second-order valence-corrected chi connectivity index (χ2v) is 9.84. The van der Waals surface area contributed by atoms with Gasteiger partial charge >= 0.3 is 0 Å². The molecule has 0 aliphatic carbocycles. The second kappa shape index (κ2) is 14.4. The van der Waals surface area contributed by atoms with E-state index in [9.17, 15) is 14.0 Å². The number of pyridine rings is 1. The van der Waals surface area contributed by atoms with Crippen molar-refractivity contribution in [2.24, 2.45) is 0 Å². The molecule has 2 aromatic carbocycles. The average Bonchev–Trinajstić information content (AvgIpc) is 2.93. The van der Waals surface area contributed by atoms with Gasteiger partial charge in [-0.15, -0.1) is 0 Å². The summed E-state index contributed by atoms with van der Waals surface area (Å²) in [6, 6.07) is 18.1. The van der Waals surface area contributed by atoms with Gasteiger partial charge in [0.2, 0.25) is 11.8 Å². The van der Waals surface area contributed by atoms with Crippen LogP contribution < -0.4 is 9.64 Å². The van der Waals surface area contributed by atoms with E-state index in [2.05, 4.69) is 16.0 Å². The highest BCUT2D eigenvalue weighted by Crippen LogP contribution is 2.24. The van der Waals surface area contributed by atoms with E-state index < -0.39 is 5.82 Å². The van der Waals surface area contributed by atoms with Crippen molar-refractivity contribution in [2.45, 2.75) is 45.7 Å². The monoisotopic (exact) mass is 532 g/mol. The normalized spacial score (nSPS) is 15.1. The van der Waals surface area contributed by atoms with E-state index in [1.54, 1.807) is 31.3 Å². The summed E-state index contributed by atoms with van der Waals surface area (Å²) in [5.74, 6) is -0.203. The first-order valence-electron chi connectivity index (χ1n) is 13.6. The van der Waals surface area contributed by atoms with Gasteiger partial charge in [0.15, 0.2) is 11.6 Å². The molecule has 8 heteroatoms. The molecule has 0 unspecified atom stereocenters. The fourth-order valence-electron chi connectivity index (χ4n) is 4.94. The SMILES string of the molecule is CC(=O)N1CCCN(Cc2cccnc2)CCCN(C(=O)CCCOc2ccccc2F)Cc2ccccc21. The molecule has 2 amide bonds. The fraction of sp³-hybridized carbons (Fsp3) is 0.387. The zero-order chi connectivity index (χ0) is 27.5. The van der Waals surface area contributed by atoms with E-state index in [1.807, 2.05) is 46.3 Å². The van der Waals surface area contributed by atoms with Crippen LogP contribution in [0.3, 0.4) is 0 Å². The van der Waals surface area contributed by atoms with Crippen molar-refractivity contribution in [3.05, 3.63) is 90.0 Å². The number of nitrogens with zero attached hydrogens (tertiary/aromatic N) is 4. The average molecular weight is 533 g/mol. The molecule has 0 atom stereocenters. The van der Waals surface area contributed by atoms with Crippen LogP contribution in [0.4, 0.5) is 10.1 Å². The van der Waals surface area contributed by atoms with Gasteiger partial charge in [-0.25, -0.2) is 4.39 Å². The van der Waals surface area contributed by atoms with Crippen molar-refractivity contribution >= 4 is 17.5 Å². The number of hydrogen-bond donors (Lipinski definition) is 0. The molecule has 4 rings (SSSR count). The Bertz CT molecular complexity index is 1220. The highest BCUT2D eigenvalue weighted by molar-refractivity contribution is 5.92. The Labute approximate surface area is 230 Å². The van der Waals surface area contributed by atoms with Gasteiger partial charge < -0.3 is 14.5 Å². The number of anilines is 1. The van der Waals surface area contributed by atoms with Crippen LogP contribution in [0.5, 0.6) is 5.75 Å². The Balaban J connectivity index is 1.47. The Kier molecular flexibility index (Phi) is 10.4. The molecular weight excluding hydrogens is 495 g/mol. The number of carbonyl (C=O) groups is 2. The summed E-state index contributed by atoms with van der Waals surface area (Å²) in [5, 5.41) is 0. The summed E-state index contributed by atoms with van der Waals surface area (Å²) in [6.07, 6.45) is 6.11. The topological polar surface area (TPSA) is 66.0 Å². The van der Waals surface area contributed by atoms with Crippen LogP contribution in [0.2, 0.25) is 0 Å². The Morgan fingerprint density at radius 1 is 0.949 bits per heavy atom. The molecule has 206 valence electrons. The van der Waals surface area contributed by atoms with Crippen molar-refractivity contribution < 1.29 is 18.7 Å². The first kappa shape index (κ1) is 28.2. The number of benzene rings is 2. The zero-order valence-electron chi connectivity index (χ0n) is 22.6. The van der Waals surface area contributed by atoms with Crippen LogP contribution in [-0.4, -0.2) is 59.4 Å². The van der Waals surface area contributed by atoms with Gasteiger partial charge in [0.1, 0.15) is 0 Å². The standard InChI is InChI=1S/C31H37FN4O3/c1-25(37)36-20-9-18-34(23-26-10-6-16-33-22-26)17-8-19-35(24-27-11-2-4-13-29(27)36)31(38)15-7-21-39-30-14-5-3-12-28(30)32/h2-6,10-14,16,22H,7-9,15,17-21,23-24H2,1H3. The van der Waals surface area contributed by atoms with Crippen LogP contribution >= 0.6 is 0 Å². The number of amides is 2. The molecule has 0 saturated heterocycles. The summed E-state index contributed by atoms with van der Waals surface area (Å²) in [6.45, 7) is 5.92. The first-order valence-corrected chi connectivity index (χ1v) is 13.6. The van der Waals surface area contributed by atoms with E-state index in [0.29, 0.717) is 32.5 Å². The summed E-state index contributed by atoms with van der Waals surface area (Å²) in [5.41, 5.74) is 2.95. The minimum atomic E-state index is -0.408. The van der Waals surface area contributed by atoms with Crippen molar-refractivity contribution in [3.8, 4) is 5.75 Å². The van der Waals surface area contributed by atoms with Gasteiger partial charge in [0.25, 0.3) is 0 Å².